The average Bonchev–Trinajstić information content (AvgIpc) is 2.71. The van der Waals surface area contributed by atoms with Gasteiger partial charge in [0.1, 0.15) is 0 Å². The normalized spacial score (nSPS) is 12.2. The average molecular weight is 408 g/mol. The molecule has 0 spiro atoms. The van der Waals surface area contributed by atoms with Crippen LogP contribution in [0.15, 0.2) is 30.3 Å². The Morgan fingerprint density at radius 3 is 1.90 bits per heavy atom. The number of carboxylic acid groups (broad SMARTS) is 1. The van der Waals surface area contributed by atoms with Gasteiger partial charge in [0.15, 0.2) is 0 Å². The monoisotopic (exact) mass is 407 g/mol. The van der Waals surface area contributed by atoms with Crippen LogP contribution >= 0.6 is 0 Å². The van der Waals surface area contributed by atoms with Crippen molar-refractivity contribution in [3.8, 4) is 0 Å². The molecule has 1 atom stereocenters. The molecule has 1 unspecified atom stereocenters. The number of carboxylic acids is 1. The smallest absolute Gasteiger partial charge is 0.335 e. The van der Waals surface area contributed by atoms with E-state index in [1.54, 1.807) is 30.3 Å². The predicted molar refractivity (Wildman–Crippen MR) is 124 cm³/mol. The molecule has 0 saturated carbocycles. The quantitative estimate of drug-likeness (QED) is 0.293. The first kappa shape index (κ1) is 27.6. The summed E-state index contributed by atoms with van der Waals surface area (Å²) in [5, 5.41) is 22.2. The second-order valence-electron chi connectivity index (χ2n) is 8.45. The summed E-state index contributed by atoms with van der Waals surface area (Å²) in [5.41, 5.74) is 0.188. The van der Waals surface area contributed by atoms with Crippen molar-refractivity contribution in [2.75, 3.05) is 6.54 Å². The van der Waals surface area contributed by atoms with Crippen molar-refractivity contribution >= 4 is 5.97 Å². The van der Waals surface area contributed by atoms with Crippen molar-refractivity contribution in [3.63, 3.8) is 0 Å². The molecule has 0 aliphatic rings. The van der Waals surface area contributed by atoms with Gasteiger partial charge in [-0.2, -0.15) is 0 Å². The number of hydrogen-bond acceptors (Lipinski definition) is 3. The number of aliphatic hydroxyl groups excluding tert-OH is 1. The van der Waals surface area contributed by atoms with E-state index in [0.717, 1.165) is 19.4 Å². The zero-order valence-electron chi connectivity index (χ0n) is 19.3. The molecule has 29 heavy (non-hydrogen) atoms. The SMILES string of the molecule is CCCCCCCCCCC(O)C(C)(C)NCCCC.O=C(O)c1ccccc1. The molecule has 0 bridgehead atoms. The number of hydrogen-bond donors (Lipinski definition) is 3. The van der Waals surface area contributed by atoms with Crippen molar-refractivity contribution in [3.05, 3.63) is 35.9 Å². The van der Waals surface area contributed by atoms with Crippen molar-refractivity contribution in [2.45, 2.75) is 110 Å². The summed E-state index contributed by atoms with van der Waals surface area (Å²) in [7, 11) is 0. The molecule has 0 heterocycles. The van der Waals surface area contributed by atoms with Gasteiger partial charge in [-0.3, -0.25) is 0 Å². The molecule has 0 radical (unpaired) electrons. The molecule has 0 aliphatic heterocycles. The van der Waals surface area contributed by atoms with Crippen LogP contribution in [0.25, 0.3) is 0 Å². The minimum atomic E-state index is -0.879. The summed E-state index contributed by atoms with van der Waals surface area (Å²) in [6.07, 6.45) is 13.7. The Hall–Kier alpha value is -1.39. The largest absolute Gasteiger partial charge is 0.478 e. The van der Waals surface area contributed by atoms with E-state index in [1.807, 2.05) is 0 Å². The summed E-state index contributed by atoms with van der Waals surface area (Å²) in [6.45, 7) is 9.72. The van der Waals surface area contributed by atoms with Gasteiger partial charge in [-0.05, 0) is 45.4 Å². The first-order valence-electron chi connectivity index (χ1n) is 11.6. The van der Waals surface area contributed by atoms with Crippen LogP contribution in [-0.4, -0.2) is 34.4 Å². The van der Waals surface area contributed by atoms with Gasteiger partial charge in [-0.25, -0.2) is 4.79 Å². The van der Waals surface area contributed by atoms with E-state index in [4.69, 9.17) is 5.11 Å². The van der Waals surface area contributed by atoms with Crippen LogP contribution in [-0.2, 0) is 0 Å². The highest BCUT2D eigenvalue weighted by molar-refractivity contribution is 5.87. The van der Waals surface area contributed by atoms with Crippen molar-refractivity contribution < 1.29 is 15.0 Å². The Labute approximate surface area is 179 Å². The van der Waals surface area contributed by atoms with E-state index in [2.05, 4.69) is 33.0 Å². The Kier molecular flexibility index (Phi) is 16.6. The van der Waals surface area contributed by atoms with Gasteiger partial charge in [0.05, 0.1) is 11.7 Å². The van der Waals surface area contributed by atoms with Gasteiger partial charge in [-0.15, -0.1) is 0 Å². The lowest BCUT2D eigenvalue weighted by Gasteiger charge is -2.32. The molecule has 168 valence electrons. The minimum Gasteiger partial charge on any atom is -0.478 e. The summed E-state index contributed by atoms with van der Waals surface area (Å²) in [6, 6.07) is 8.30. The number of rotatable bonds is 15. The van der Waals surface area contributed by atoms with E-state index < -0.39 is 5.97 Å². The van der Waals surface area contributed by atoms with Gasteiger partial charge in [0.2, 0.25) is 0 Å². The third kappa shape index (κ3) is 15.2. The molecular weight excluding hydrogens is 362 g/mol. The van der Waals surface area contributed by atoms with Crippen molar-refractivity contribution in [2.24, 2.45) is 0 Å². The second-order valence-corrected chi connectivity index (χ2v) is 8.45. The van der Waals surface area contributed by atoms with Crippen LogP contribution in [0.1, 0.15) is 109 Å². The van der Waals surface area contributed by atoms with Crippen LogP contribution < -0.4 is 5.32 Å². The standard InChI is InChI=1S/C18H39NO.C7H6O2/c1-5-7-9-10-11-12-13-14-15-17(20)18(3,4)19-16-8-6-2;8-7(9)6-4-2-1-3-5-6/h17,19-20H,5-16H2,1-4H3;1-5H,(H,8,9). The summed E-state index contributed by atoms with van der Waals surface area (Å²) >= 11 is 0. The molecule has 1 aromatic rings. The van der Waals surface area contributed by atoms with Crippen LogP contribution in [0.4, 0.5) is 0 Å². The first-order valence-corrected chi connectivity index (χ1v) is 11.6. The molecule has 4 heteroatoms. The number of aliphatic hydroxyl groups is 1. The Balaban J connectivity index is 0.000000717. The van der Waals surface area contributed by atoms with Crippen LogP contribution in [0.5, 0.6) is 0 Å². The number of nitrogens with one attached hydrogen (secondary N) is 1. The van der Waals surface area contributed by atoms with Crippen LogP contribution in [0.2, 0.25) is 0 Å². The van der Waals surface area contributed by atoms with E-state index in [9.17, 15) is 9.90 Å². The highest BCUT2D eigenvalue weighted by Gasteiger charge is 2.26. The van der Waals surface area contributed by atoms with Crippen LogP contribution in [0.3, 0.4) is 0 Å². The number of aromatic carboxylic acids is 1. The number of benzene rings is 1. The second kappa shape index (κ2) is 17.5. The lowest BCUT2D eigenvalue weighted by Crippen LogP contribution is -2.49. The summed E-state index contributed by atoms with van der Waals surface area (Å²) in [5.74, 6) is -0.879. The molecule has 4 nitrogen and oxygen atoms in total. The molecule has 1 aromatic carbocycles. The van der Waals surface area contributed by atoms with E-state index >= 15 is 0 Å². The zero-order chi connectivity index (χ0) is 22.0. The van der Waals surface area contributed by atoms with E-state index in [0.29, 0.717) is 5.56 Å². The molecule has 0 aliphatic carbocycles. The fraction of sp³-hybridized carbons (Fsp3) is 0.720. The molecule has 0 aromatic heterocycles. The van der Waals surface area contributed by atoms with Gasteiger partial charge in [0.25, 0.3) is 0 Å². The van der Waals surface area contributed by atoms with Crippen molar-refractivity contribution in [1.29, 1.82) is 0 Å². The number of carbonyl (C=O) groups is 1. The van der Waals surface area contributed by atoms with Gasteiger partial charge >= 0.3 is 5.97 Å². The van der Waals surface area contributed by atoms with Gasteiger partial charge in [-0.1, -0.05) is 89.8 Å². The highest BCUT2D eigenvalue weighted by atomic mass is 16.4. The maximum Gasteiger partial charge on any atom is 0.335 e. The lowest BCUT2D eigenvalue weighted by molar-refractivity contribution is 0.0696. The minimum absolute atomic E-state index is 0.143. The zero-order valence-corrected chi connectivity index (χ0v) is 19.3. The van der Waals surface area contributed by atoms with Gasteiger partial charge in [0, 0.05) is 5.54 Å². The molecule has 0 fully saturated rings. The summed E-state index contributed by atoms with van der Waals surface area (Å²) < 4.78 is 0. The molecule has 1 rings (SSSR count). The van der Waals surface area contributed by atoms with Crippen molar-refractivity contribution in [1.82, 2.24) is 5.32 Å². The molecule has 3 N–H and O–H groups in total. The highest BCUT2D eigenvalue weighted by Crippen LogP contribution is 2.17. The first-order chi connectivity index (χ1) is 13.8. The topological polar surface area (TPSA) is 69.6 Å². The maximum atomic E-state index is 10.3. The van der Waals surface area contributed by atoms with E-state index in [-0.39, 0.29) is 11.6 Å². The number of unbranched alkanes of at least 4 members (excludes halogenated alkanes) is 8. The van der Waals surface area contributed by atoms with Crippen LogP contribution in [0, 0.1) is 0 Å². The third-order valence-corrected chi connectivity index (χ3v) is 5.30. The molecular formula is C25H45NO3. The molecule has 0 amide bonds. The molecule has 0 saturated heterocycles. The Bertz CT molecular complexity index is 502. The summed E-state index contributed by atoms with van der Waals surface area (Å²) in [4.78, 5) is 10.2. The fourth-order valence-corrected chi connectivity index (χ4v) is 3.12. The van der Waals surface area contributed by atoms with E-state index in [1.165, 1.54) is 57.8 Å². The predicted octanol–water partition coefficient (Wildman–Crippen LogP) is 6.43. The third-order valence-electron chi connectivity index (χ3n) is 5.30. The Morgan fingerprint density at radius 1 is 0.897 bits per heavy atom. The van der Waals surface area contributed by atoms with Gasteiger partial charge < -0.3 is 15.5 Å². The Morgan fingerprint density at radius 2 is 1.41 bits per heavy atom. The lowest BCUT2D eigenvalue weighted by atomic mass is 9.92. The fourth-order valence-electron chi connectivity index (χ4n) is 3.12. The maximum absolute atomic E-state index is 10.3.